The van der Waals surface area contributed by atoms with Crippen LogP contribution in [0.2, 0.25) is 0 Å². The summed E-state index contributed by atoms with van der Waals surface area (Å²) >= 11 is 2.22. The summed E-state index contributed by atoms with van der Waals surface area (Å²) in [6.07, 6.45) is 2.22. The van der Waals surface area contributed by atoms with Gasteiger partial charge in [-0.1, -0.05) is 27.7 Å². The number of methoxy groups -OCH3 is 3. The third kappa shape index (κ3) is 6.34. The SMILES string of the molecule is COc1cc(Cc2cnc(NCC(C)C)nc2NC(=O)C(C)C)c(I)c(OC)c1OC. The molecule has 0 aliphatic heterocycles. The van der Waals surface area contributed by atoms with Gasteiger partial charge in [0, 0.05) is 30.6 Å². The third-order valence-corrected chi connectivity index (χ3v) is 5.71. The van der Waals surface area contributed by atoms with Crippen LogP contribution in [0.5, 0.6) is 17.2 Å². The highest BCUT2D eigenvalue weighted by Gasteiger charge is 2.21. The van der Waals surface area contributed by atoms with Crippen molar-refractivity contribution in [2.75, 3.05) is 38.5 Å². The first-order chi connectivity index (χ1) is 14.7. The second kappa shape index (κ2) is 11.4. The van der Waals surface area contributed by atoms with Crippen LogP contribution in [0.15, 0.2) is 12.3 Å². The zero-order valence-corrected chi connectivity index (χ0v) is 21.3. The van der Waals surface area contributed by atoms with Crippen molar-refractivity contribution in [3.8, 4) is 17.2 Å². The Labute approximate surface area is 197 Å². The number of hydrogen-bond donors (Lipinski definition) is 2. The molecule has 9 heteroatoms. The number of carbonyl (C=O) groups is 1. The van der Waals surface area contributed by atoms with Gasteiger partial charge in [0.05, 0.1) is 24.9 Å². The van der Waals surface area contributed by atoms with Gasteiger partial charge in [0.2, 0.25) is 17.6 Å². The molecular weight excluding hydrogens is 511 g/mol. The van der Waals surface area contributed by atoms with E-state index in [9.17, 15) is 4.79 Å². The zero-order valence-electron chi connectivity index (χ0n) is 19.1. The Morgan fingerprint density at radius 2 is 1.74 bits per heavy atom. The first-order valence-corrected chi connectivity index (χ1v) is 11.2. The maximum Gasteiger partial charge on any atom is 0.228 e. The van der Waals surface area contributed by atoms with Crippen molar-refractivity contribution in [2.24, 2.45) is 11.8 Å². The summed E-state index contributed by atoms with van der Waals surface area (Å²) in [5.41, 5.74) is 1.73. The van der Waals surface area contributed by atoms with Crippen molar-refractivity contribution in [2.45, 2.75) is 34.1 Å². The number of hydrogen-bond acceptors (Lipinski definition) is 7. The van der Waals surface area contributed by atoms with Crippen LogP contribution in [0.3, 0.4) is 0 Å². The Morgan fingerprint density at radius 3 is 2.29 bits per heavy atom. The van der Waals surface area contributed by atoms with Gasteiger partial charge >= 0.3 is 0 Å². The van der Waals surface area contributed by atoms with E-state index in [1.807, 2.05) is 19.9 Å². The van der Waals surface area contributed by atoms with E-state index in [4.69, 9.17) is 14.2 Å². The van der Waals surface area contributed by atoms with Crippen LogP contribution in [0, 0.1) is 15.4 Å². The summed E-state index contributed by atoms with van der Waals surface area (Å²) in [5, 5.41) is 6.15. The number of nitrogens with zero attached hydrogens (tertiary/aromatic N) is 2. The Morgan fingerprint density at radius 1 is 1.06 bits per heavy atom. The predicted octanol–water partition coefficient (Wildman–Crippen LogP) is 4.36. The van der Waals surface area contributed by atoms with Crippen molar-refractivity contribution in [3.63, 3.8) is 0 Å². The van der Waals surface area contributed by atoms with Crippen molar-refractivity contribution < 1.29 is 19.0 Å². The van der Waals surface area contributed by atoms with Gasteiger partial charge in [-0.15, -0.1) is 0 Å². The second-order valence-corrected chi connectivity index (χ2v) is 8.86. The van der Waals surface area contributed by atoms with Gasteiger partial charge in [0.15, 0.2) is 11.5 Å². The Hall–Kier alpha value is -2.30. The molecule has 2 N–H and O–H groups in total. The molecule has 0 fully saturated rings. The van der Waals surface area contributed by atoms with E-state index >= 15 is 0 Å². The van der Waals surface area contributed by atoms with E-state index in [1.165, 1.54) is 0 Å². The van der Waals surface area contributed by atoms with Gasteiger partial charge < -0.3 is 24.8 Å². The molecule has 0 atom stereocenters. The molecular formula is C22H31IN4O4. The Bertz CT molecular complexity index is 919. The lowest BCUT2D eigenvalue weighted by Gasteiger charge is -2.18. The highest BCUT2D eigenvalue weighted by molar-refractivity contribution is 14.1. The van der Waals surface area contributed by atoms with Gasteiger partial charge in [0.25, 0.3) is 0 Å². The molecule has 170 valence electrons. The summed E-state index contributed by atoms with van der Waals surface area (Å²) in [7, 11) is 4.75. The monoisotopic (exact) mass is 542 g/mol. The van der Waals surface area contributed by atoms with E-state index < -0.39 is 0 Å². The highest BCUT2D eigenvalue weighted by Crippen LogP contribution is 2.43. The number of benzene rings is 1. The minimum absolute atomic E-state index is 0.102. The van der Waals surface area contributed by atoms with Crippen LogP contribution < -0.4 is 24.8 Å². The maximum atomic E-state index is 12.4. The highest BCUT2D eigenvalue weighted by atomic mass is 127. The summed E-state index contributed by atoms with van der Waals surface area (Å²) in [6.45, 7) is 8.64. The molecule has 0 spiro atoms. The molecule has 0 aliphatic rings. The maximum absolute atomic E-state index is 12.4. The van der Waals surface area contributed by atoms with E-state index in [0.717, 1.165) is 21.2 Å². The fraction of sp³-hybridized carbons (Fsp3) is 0.500. The molecule has 0 bridgehead atoms. The number of anilines is 2. The second-order valence-electron chi connectivity index (χ2n) is 7.78. The van der Waals surface area contributed by atoms with E-state index in [-0.39, 0.29) is 11.8 Å². The van der Waals surface area contributed by atoms with Crippen LogP contribution in [-0.4, -0.2) is 43.7 Å². The molecule has 0 aliphatic carbocycles. The summed E-state index contributed by atoms with van der Waals surface area (Å²) in [5.74, 6) is 2.85. The average molecular weight is 542 g/mol. The van der Waals surface area contributed by atoms with E-state index in [0.29, 0.717) is 41.4 Å². The standard InChI is InChI=1S/C22H31IN4O4/c1-12(2)10-24-22-25-11-15(20(27-22)26-21(28)13(3)4)8-14-9-16(29-5)18(30-6)19(31-7)17(14)23/h9,11-13H,8,10H2,1-7H3,(H2,24,25,26,27,28). The predicted molar refractivity (Wildman–Crippen MR) is 130 cm³/mol. The number of ether oxygens (including phenoxy) is 3. The smallest absolute Gasteiger partial charge is 0.228 e. The summed E-state index contributed by atoms with van der Waals surface area (Å²) in [6, 6.07) is 1.90. The number of rotatable bonds is 10. The van der Waals surface area contributed by atoms with E-state index in [2.05, 4.69) is 57.0 Å². The van der Waals surface area contributed by atoms with Crippen LogP contribution in [0.1, 0.15) is 38.8 Å². The lowest BCUT2D eigenvalue weighted by atomic mass is 10.0. The fourth-order valence-corrected chi connectivity index (χ4v) is 3.60. The fourth-order valence-electron chi connectivity index (χ4n) is 2.79. The van der Waals surface area contributed by atoms with Crippen LogP contribution in [0.25, 0.3) is 0 Å². The lowest BCUT2D eigenvalue weighted by molar-refractivity contribution is -0.118. The molecule has 2 rings (SSSR count). The van der Waals surface area contributed by atoms with Crippen molar-refractivity contribution in [3.05, 3.63) is 27.0 Å². The van der Waals surface area contributed by atoms with Gasteiger partial charge in [-0.2, -0.15) is 4.98 Å². The Kier molecular flexibility index (Phi) is 9.15. The van der Waals surface area contributed by atoms with Gasteiger partial charge in [-0.25, -0.2) is 4.98 Å². The topological polar surface area (TPSA) is 94.6 Å². The van der Waals surface area contributed by atoms with Crippen molar-refractivity contribution >= 4 is 40.3 Å². The number of halogens is 1. The number of amides is 1. The minimum atomic E-state index is -0.170. The molecule has 1 aromatic carbocycles. The largest absolute Gasteiger partial charge is 0.493 e. The molecule has 1 aromatic heterocycles. The molecule has 1 heterocycles. The van der Waals surface area contributed by atoms with Crippen LogP contribution in [0.4, 0.5) is 11.8 Å². The molecule has 0 saturated carbocycles. The Balaban J connectivity index is 2.48. The number of carbonyl (C=O) groups excluding carboxylic acids is 1. The van der Waals surface area contributed by atoms with Crippen LogP contribution in [-0.2, 0) is 11.2 Å². The summed E-state index contributed by atoms with van der Waals surface area (Å²) in [4.78, 5) is 21.4. The number of aromatic nitrogens is 2. The molecule has 2 aromatic rings. The number of nitrogens with one attached hydrogen (secondary N) is 2. The van der Waals surface area contributed by atoms with Crippen molar-refractivity contribution in [1.29, 1.82) is 0 Å². The van der Waals surface area contributed by atoms with Crippen LogP contribution >= 0.6 is 22.6 Å². The molecule has 0 radical (unpaired) electrons. The van der Waals surface area contributed by atoms with Gasteiger partial charge in [-0.05, 0) is 40.1 Å². The zero-order chi connectivity index (χ0) is 23.1. The van der Waals surface area contributed by atoms with E-state index in [1.54, 1.807) is 27.5 Å². The summed E-state index contributed by atoms with van der Waals surface area (Å²) < 4.78 is 17.4. The third-order valence-electron chi connectivity index (χ3n) is 4.52. The minimum Gasteiger partial charge on any atom is -0.493 e. The first-order valence-electron chi connectivity index (χ1n) is 10.1. The molecule has 0 unspecified atom stereocenters. The normalized spacial score (nSPS) is 10.9. The quantitative estimate of drug-likeness (QED) is 0.431. The lowest BCUT2D eigenvalue weighted by Crippen LogP contribution is -2.21. The molecule has 1 amide bonds. The molecule has 8 nitrogen and oxygen atoms in total. The van der Waals surface area contributed by atoms with Gasteiger partial charge in [-0.3, -0.25) is 4.79 Å². The molecule has 0 saturated heterocycles. The molecule has 31 heavy (non-hydrogen) atoms. The van der Waals surface area contributed by atoms with Crippen molar-refractivity contribution in [1.82, 2.24) is 9.97 Å². The van der Waals surface area contributed by atoms with Gasteiger partial charge in [0.1, 0.15) is 5.82 Å². The average Bonchev–Trinajstić information content (AvgIpc) is 2.74. The first kappa shape index (κ1) is 25.0.